The second-order valence-electron chi connectivity index (χ2n) is 4.65. The normalized spacial score (nSPS) is 24.0. The lowest BCUT2D eigenvalue weighted by atomic mass is 9.87. The molecule has 0 aromatic carbocycles. The zero-order valence-corrected chi connectivity index (χ0v) is 12.9. The summed E-state index contributed by atoms with van der Waals surface area (Å²) in [5, 5.41) is 5.60. The molecule has 9 nitrogen and oxygen atoms in total. The molecule has 1 aliphatic rings. The number of alkyl halides is 1. The molecule has 1 aromatic rings. The van der Waals surface area contributed by atoms with E-state index >= 15 is 4.39 Å². The van der Waals surface area contributed by atoms with Crippen LogP contribution in [0.15, 0.2) is 29.7 Å². The number of carbonyl (C=O) groups excluding carboxylic acids is 3. The number of hydrogen-bond donors (Lipinski definition) is 1. The smallest absolute Gasteiger partial charge is 0.359 e. The van der Waals surface area contributed by atoms with Gasteiger partial charge in [0.05, 0.1) is 6.61 Å². The highest BCUT2D eigenvalue weighted by molar-refractivity contribution is 6.14. The number of nitrogens with one attached hydrogen (secondary N) is 1. The number of ether oxygens (including phenoxy) is 1. The minimum atomic E-state index is -3.21. The zero-order valence-electron chi connectivity index (χ0n) is 12.9. The summed E-state index contributed by atoms with van der Waals surface area (Å²) < 4.78 is 20.2. The number of hydroxylamine groups is 2. The zero-order chi connectivity index (χ0) is 17.7. The molecular weight excluding hydrogens is 323 g/mol. The van der Waals surface area contributed by atoms with Gasteiger partial charge in [-0.05, 0) is 31.5 Å². The molecule has 0 bridgehead atoms. The molecule has 0 radical (unpaired) electrons. The van der Waals surface area contributed by atoms with Gasteiger partial charge in [0, 0.05) is 18.6 Å². The Morgan fingerprint density at radius 2 is 2.17 bits per heavy atom. The Morgan fingerprint density at radius 1 is 1.50 bits per heavy atom. The van der Waals surface area contributed by atoms with Crippen molar-refractivity contribution >= 4 is 24.1 Å². The summed E-state index contributed by atoms with van der Waals surface area (Å²) in [5.41, 5.74) is -3.11. The van der Waals surface area contributed by atoms with Gasteiger partial charge in [-0.15, -0.1) is 5.06 Å². The van der Waals surface area contributed by atoms with Gasteiger partial charge in [0.2, 0.25) is 0 Å². The maximum atomic E-state index is 15.5. The average molecular weight is 338 g/mol. The fraction of sp³-hybridized carbons (Fsp3) is 0.357. The summed E-state index contributed by atoms with van der Waals surface area (Å²) in [7, 11) is 0. The quantitative estimate of drug-likeness (QED) is 0.369. The summed E-state index contributed by atoms with van der Waals surface area (Å²) >= 11 is 0. The van der Waals surface area contributed by atoms with Crippen LogP contribution in [0.5, 0.6) is 0 Å². The number of oxime groups is 1. The SMILES string of the molecule is CC=NON1C(=O)NC(=O)C(F)(C(=O)OCC)C1c1ccncc1. The van der Waals surface area contributed by atoms with Gasteiger partial charge in [-0.3, -0.25) is 20.0 Å². The van der Waals surface area contributed by atoms with Crippen molar-refractivity contribution in [2.75, 3.05) is 6.61 Å². The molecule has 1 N–H and O–H groups in total. The van der Waals surface area contributed by atoms with Crippen molar-refractivity contribution in [2.45, 2.75) is 25.6 Å². The van der Waals surface area contributed by atoms with Crippen molar-refractivity contribution in [1.82, 2.24) is 15.4 Å². The largest absolute Gasteiger partial charge is 0.463 e. The number of rotatable bonds is 5. The van der Waals surface area contributed by atoms with Gasteiger partial charge in [-0.25, -0.2) is 14.0 Å². The van der Waals surface area contributed by atoms with Crippen molar-refractivity contribution in [3.8, 4) is 0 Å². The highest BCUT2D eigenvalue weighted by Crippen LogP contribution is 2.39. The summed E-state index contributed by atoms with van der Waals surface area (Å²) in [5.74, 6) is -2.88. The van der Waals surface area contributed by atoms with E-state index in [1.807, 2.05) is 0 Å². The molecule has 2 unspecified atom stereocenters. The summed E-state index contributed by atoms with van der Waals surface area (Å²) in [6.07, 6.45) is 3.84. The van der Waals surface area contributed by atoms with Crippen LogP contribution >= 0.6 is 0 Å². The third-order valence-electron chi connectivity index (χ3n) is 3.20. The van der Waals surface area contributed by atoms with E-state index in [4.69, 9.17) is 4.94 Å². The predicted molar refractivity (Wildman–Crippen MR) is 78.1 cm³/mol. The van der Waals surface area contributed by atoms with E-state index in [0.29, 0.717) is 5.06 Å². The lowest BCUT2D eigenvalue weighted by molar-refractivity contribution is -0.205. The number of esters is 1. The molecule has 3 amide bonds. The summed E-state index contributed by atoms with van der Waals surface area (Å²) in [4.78, 5) is 44.9. The van der Waals surface area contributed by atoms with Gasteiger partial charge in [0.25, 0.3) is 5.91 Å². The fourth-order valence-electron chi connectivity index (χ4n) is 2.18. The summed E-state index contributed by atoms with van der Waals surface area (Å²) in [6, 6.07) is -0.110. The minimum absolute atomic E-state index is 0.107. The van der Waals surface area contributed by atoms with E-state index in [2.05, 4.69) is 14.9 Å². The molecule has 2 heterocycles. The molecule has 0 saturated carbocycles. The van der Waals surface area contributed by atoms with Gasteiger partial charge >= 0.3 is 17.7 Å². The Balaban J connectivity index is 2.58. The molecular formula is C14H15FN4O5. The van der Waals surface area contributed by atoms with Gasteiger partial charge in [-0.2, -0.15) is 0 Å². The third-order valence-corrected chi connectivity index (χ3v) is 3.20. The Hall–Kier alpha value is -3.04. The number of imide groups is 1. The maximum absolute atomic E-state index is 15.5. The fourth-order valence-corrected chi connectivity index (χ4v) is 2.18. The van der Waals surface area contributed by atoms with E-state index in [-0.39, 0.29) is 12.2 Å². The van der Waals surface area contributed by atoms with Crippen LogP contribution in [-0.2, 0) is 19.3 Å². The van der Waals surface area contributed by atoms with Crippen LogP contribution in [0, 0.1) is 0 Å². The molecule has 2 rings (SSSR count). The van der Waals surface area contributed by atoms with Crippen molar-refractivity contribution < 1.29 is 28.4 Å². The average Bonchev–Trinajstić information content (AvgIpc) is 2.57. The maximum Gasteiger partial charge on any atom is 0.359 e. The molecule has 10 heteroatoms. The Morgan fingerprint density at radius 3 is 2.75 bits per heavy atom. The molecule has 1 saturated heterocycles. The van der Waals surface area contributed by atoms with Gasteiger partial charge < -0.3 is 4.74 Å². The monoisotopic (exact) mass is 338 g/mol. The highest BCUT2D eigenvalue weighted by Gasteiger charge is 2.63. The van der Waals surface area contributed by atoms with E-state index < -0.39 is 29.6 Å². The van der Waals surface area contributed by atoms with E-state index in [9.17, 15) is 14.4 Å². The van der Waals surface area contributed by atoms with E-state index in [1.165, 1.54) is 44.6 Å². The first-order chi connectivity index (χ1) is 11.5. The number of hydrogen-bond acceptors (Lipinski definition) is 7. The van der Waals surface area contributed by atoms with E-state index in [0.717, 1.165) is 0 Å². The van der Waals surface area contributed by atoms with Gasteiger partial charge in [0.15, 0.2) is 6.04 Å². The number of carbonyl (C=O) groups is 3. The molecule has 0 aliphatic carbocycles. The van der Waals surface area contributed by atoms with Crippen molar-refractivity contribution in [1.29, 1.82) is 0 Å². The van der Waals surface area contributed by atoms with Crippen LogP contribution < -0.4 is 5.32 Å². The Labute approximate surface area is 136 Å². The second-order valence-corrected chi connectivity index (χ2v) is 4.65. The van der Waals surface area contributed by atoms with Crippen LogP contribution in [0.3, 0.4) is 0 Å². The standard InChI is InChI=1S/C14H15FN4O5/c1-3-17-24-19-10(9-5-7-16-8-6-9)14(15,12(21)23-4-2)11(20)18-13(19)22/h3,5-8,10H,4H2,1-2H3,(H,18,20,22). The Bertz CT molecular complexity index is 668. The third kappa shape index (κ3) is 2.90. The van der Waals surface area contributed by atoms with Crippen LogP contribution in [-0.4, -0.2) is 46.4 Å². The highest BCUT2D eigenvalue weighted by atomic mass is 19.1. The number of amides is 3. The van der Waals surface area contributed by atoms with Crippen molar-refractivity contribution in [3.05, 3.63) is 30.1 Å². The molecule has 0 spiro atoms. The molecule has 1 fully saturated rings. The molecule has 128 valence electrons. The molecule has 2 atom stereocenters. The number of pyridine rings is 1. The van der Waals surface area contributed by atoms with Crippen LogP contribution in [0.4, 0.5) is 9.18 Å². The lowest BCUT2D eigenvalue weighted by Gasteiger charge is -2.39. The van der Waals surface area contributed by atoms with Crippen molar-refractivity contribution in [2.24, 2.45) is 5.16 Å². The number of urea groups is 1. The topological polar surface area (TPSA) is 110 Å². The number of nitrogens with zero attached hydrogens (tertiary/aromatic N) is 3. The van der Waals surface area contributed by atoms with Crippen LogP contribution in [0.25, 0.3) is 0 Å². The summed E-state index contributed by atoms with van der Waals surface area (Å²) in [6.45, 7) is 2.81. The molecule has 1 aliphatic heterocycles. The van der Waals surface area contributed by atoms with Gasteiger partial charge in [0.1, 0.15) is 0 Å². The minimum Gasteiger partial charge on any atom is -0.463 e. The first-order valence-corrected chi connectivity index (χ1v) is 7.02. The van der Waals surface area contributed by atoms with Gasteiger partial charge in [-0.1, -0.05) is 5.16 Å². The van der Waals surface area contributed by atoms with E-state index in [1.54, 1.807) is 5.32 Å². The van der Waals surface area contributed by atoms with Crippen molar-refractivity contribution in [3.63, 3.8) is 0 Å². The first kappa shape index (κ1) is 17.3. The Kier molecular flexibility index (Phi) is 5.07. The van der Waals surface area contributed by atoms with Crippen LogP contribution in [0.2, 0.25) is 0 Å². The predicted octanol–water partition coefficient (Wildman–Crippen LogP) is 0.883. The number of halogens is 1. The first-order valence-electron chi connectivity index (χ1n) is 7.02. The molecule has 1 aromatic heterocycles. The lowest BCUT2D eigenvalue weighted by Crippen LogP contribution is -2.66. The second kappa shape index (κ2) is 7.02. The van der Waals surface area contributed by atoms with Crippen LogP contribution in [0.1, 0.15) is 25.5 Å². The number of aromatic nitrogens is 1. The molecule has 24 heavy (non-hydrogen) atoms.